The Morgan fingerprint density at radius 2 is 1.96 bits per heavy atom. The van der Waals surface area contributed by atoms with Crippen LogP contribution in [0.25, 0.3) is 0 Å². The van der Waals surface area contributed by atoms with Gasteiger partial charge in [-0.05, 0) is 35.9 Å². The summed E-state index contributed by atoms with van der Waals surface area (Å²) in [6, 6.07) is 11.9. The van der Waals surface area contributed by atoms with E-state index in [1.165, 1.54) is 29.2 Å². The van der Waals surface area contributed by atoms with Crippen molar-refractivity contribution in [2.45, 2.75) is 6.04 Å². The van der Waals surface area contributed by atoms with Gasteiger partial charge in [-0.15, -0.1) is 0 Å². The molecule has 118 valence electrons. The zero-order valence-corrected chi connectivity index (χ0v) is 13.7. The van der Waals surface area contributed by atoms with Crippen LogP contribution in [0.1, 0.15) is 22.0 Å². The SMILES string of the molecule is O=C1NCCN(C(=O)c2cccc(Br)c2)C1c1ccc(F)cc1. The highest BCUT2D eigenvalue weighted by Crippen LogP contribution is 2.26. The van der Waals surface area contributed by atoms with E-state index >= 15 is 0 Å². The van der Waals surface area contributed by atoms with E-state index in [2.05, 4.69) is 21.2 Å². The molecule has 2 aromatic rings. The van der Waals surface area contributed by atoms with Crippen molar-refractivity contribution in [1.29, 1.82) is 0 Å². The minimum absolute atomic E-state index is 0.226. The third-order valence-electron chi connectivity index (χ3n) is 3.73. The van der Waals surface area contributed by atoms with E-state index in [9.17, 15) is 14.0 Å². The molecule has 1 aliphatic heterocycles. The van der Waals surface area contributed by atoms with E-state index in [4.69, 9.17) is 0 Å². The Morgan fingerprint density at radius 3 is 2.65 bits per heavy atom. The van der Waals surface area contributed by atoms with Gasteiger partial charge in [0.05, 0.1) is 0 Å². The zero-order valence-electron chi connectivity index (χ0n) is 12.1. The van der Waals surface area contributed by atoms with Crippen LogP contribution in [0.4, 0.5) is 4.39 Å². The molecule has 0 saturated carbocycles. The second kappa shape index (κ2) is 6.50. The molecule has 0 spiro atoms. The third-order valence-corrected chi connectivity index (χ3v) is 4.22. The number of hydrogen-bond donors (Lipinski definition) is 1. The molecule has 1 aliphatic rings. The first kappa shape index (κ1) is 15.7. The van der Waals surface area contributed by atoms with Gasteiger partial charge in [-0.3, -0.25) is 9.59 Å². The summed E-state index contributed by atoms with van der Waals surface area (Å²) in [5.74, 6) is -0.864. The predicted molar refractivity (Wildman–Crippen MR) is 87.3 cm³/mol. The fraction of sp³-hybridized carbons (Fsp3) is 0.176. The smallest absolute Gasteiger partial charge is 0.254 e. The van der Waals surface area contributed by atoms with Gasteiger partial charge in [0.15, 0.2) is 0 Å². The third kappa shape index (κ3) is 3.27. The highest BCUT2D eigenvalue weighted by molar-refractivity contribution is 9.10. The number of nitrogens with zero attached hydrogens (tertiary/aromatic N) is 1. The van der Waals surface area contributed by atoms with Crippen LogP contribution < -0.4 is 5.32 Å². The van der Waals surface area contributed by atoms with E-state index in [-0.39, 0.29) is 17.6 Å². The first-order chi connectivity index (χ1) is 11.1. The lowest BCUT2D eigenvalue weighted by Crippen LogP contribution is -2.52. The zero-order chi connectivity index (χ0) is 16.4. The minimum atomic E-state index is -0.754. The number of halogens is 2. The maximum absolute atomic E-state index is 13.1. The lowest BCUT2D eigenvalue weighted by atomic mass is 10.0. The fourth-order valence-corrected chi connectivity index (χ4v) is 3.05. The molecule has 1 N–H and O–H groups in total. The number of piperazine rings is 1. The number of benzene rings is 2. The van der Waals surface area contributed by atoms with E-state index in [1.807, 2.05) is 6.07 Å². The van der Waals surface area contributed by atoms with Crippen molar-refractivity contribution in [3.8, 4) is 0 Å². The van der Waals surface area contributed by atoms with E-state index < -0.39 is 6.04 Å². The molecule has 0 aliphatic carbocycles. The number of carbonyl (C=O) groups is 2. The average molecular weight is 377 g/mol. The van der Waals surface area contributed by atoms with Gasteiger partial charge in [-0.25, -0.2) is 4.39 Å². The van der Waals surface area contributed by atoms with Crippen LogP contribution in [0, 0.1) is 5.82 Å². The van der Waals surface area contributed by atoms with Gasteiger partial charge < -0.3 is 10.2 Å². The van der Waals surface area contributed by atoms with Gasteiger partial charge in [0, 0.05) is 23.1 Å². The topological polar surface area (TPSA) is 49.4 Å². The van der Waals surface area contributed by atoms with Crippen LogP contribution in [0.15, 0.2) is 53.0 Å². The molecule has 23 heavy (non-hydrogen) atoms. The van der Waals surface area contributed by atoms with Crippen LogP contribution in [0.2, 0.25) is 0 Å². The Morgan fingerprint density at radius 1 is 1.22 bits per heavy atom. The van der Waals surface area contributed by atoms with Crippen molar-refractivity contribution in [1.82, 2.24) is 10.2 Å². The van der Waals surface area contributed by atoms with Crippen molar-refractivity contribution in [2.75, 3.05) is 13.1 Å². The van der Waals surface area contributed by atoms with Crippen molar-refractivity contribution in [3.63, 3.8) is 0 Å². The molecule has 2 amide bonds. The normalized spacial score (nSPS) is 17.7. The lowest BCUT2D eigenvalue weighted by molar-refractivity contribution is -0.128. The number of rotatable bonds is 2. The van der Waals surface area contributed by atoms with Crippen molar-refractivity contribution in [2.24, 2.45) is 0 Å². The molecule has 0 aromatic heterocycles. The van der Waals surface area contributed by atoms with Crippen LogP contribution in [-0.2, 0) is 4.79 Å². The summed E-state index contributed by atoms with van der Waals surface area (Å²) in [6.45, 7) is 0.801. The summed E-state index contributed by atoms with van der Waals surface area (Å²) >= 11 is 3.34. The number of hydrogen-bond acceptors (Lipinski definition) is 2. The average Bonchev–Trinajstić information content (AvgIpc) is 2.55. The molecule has 1 saturated heterocycles. The maximum Gasteiger partial charge on any atom is 0.254 e. The second-order valence-corrected chi connectivity index (χ2v) is 6.17. The maximum atomic E-state index is 13.1. The first-order valence-electron chi connectivity index (χ1n) is 7.16. The van der Waals surface area contributed by atoms with E-state index in [0.29, 0.717) is 24.2 Å². The highest BCUT2D eigenvalue weighted by atomic mass is 79.9. The monoisotopic (exact) mass is 376 g/mol. The molecule has 1 fully saturated rings. The van der Waals surface area contributed by atoms with Crippen LogP contribution >= 0.6 is 15.9 Å². The predicted octanol–water partition coefficient (Wildman–Crippen LogP) is 2.90. The summed E-state index contributed by atoms with van der Waals surface area (Å²) in [6.07, 6.45) is 0. The number of carbonyl (C=O) groups excluding carboxylic acids is 2. The molecule has 0 bridgehead atoms. The standard InChI is InChI=1S/C17H14BrFN2O2/c18-13-3-1-2-12(10-13)17(23)21-9-8-20-16(22)15(21)11-4-6-14(19)7-5-11/h1-7,10,15H,8-9H2,(H,20,22). The highest BCUT2D eigenvalue weighted by Gasteiger charge is 2.34. The Kier molecular flexibility index (Phi) is 4.43. The molecule has 4 nitrogen and oxygen atoms in total. The first-order valence-corrected chi connectivity index (χ1v) is 7.95. The number of amides is 2. The Labute approximate surface area is 141 Å². The quantitative estimate of drug-likeness (QED) is 0.875. The van der Waals surface area contributed by atoms with Crippen molar-refractivity contribution >= 4 is 27.7 Å². The molecule has 1 unspecified atom stereocenters. The van der Waals surface area contributed by atoms with Gasteiger partial charge in [-0.2, -0.15) is 0 Å². The summed E-state index contributed by atoms with van der Waals surface area (Å²) in [5, 5.41) is 2.76. The second-order valence-electron chi connectivity index (χ2n) is 5.25. The molecular formula is C17H14BrFN2O2. The van der Waals surface area contributed by atoms with E-state index in [1.54, 1.807) is 18.2 Å². The van der Waals surface area contributed by atoms with Crippen molar-refractivity contribution in [3.05, 3.63) is 69.9 Å². The van der Waals surface area contributed by atoms with Gasteiger partial charge in [-0.1, -0.05) is 34.1 Å². The molecule has 3 rings (SSSR count). The molecule has 1 heterocycles. The summed E-state index contributed by atoms with van der Waals surface area (Å²) < 4.78 is 13.9. The van der Waals surface area contributed by atoms with Crippen LogP contribution in [0.3, 0.4) is 0 Å². The minimum Gasteiger partial charge on any atom is -0.352 e. The van der Waals surface area contributed by atoms with Gasteiger partial charge >= 0.3 is 0 Å². The Hall–Kier alpha value is -2.21. The van der Waals surface area contributed by atoms with Crippen LogP contribution in [0.5, 0.6) is 0 Å². The summed E-state index contributed by atoms with van der Waals surface area (Å²) in [4.78, 5) is 26.6. The fourth-order valence-electron chi connectivity index (χ4n) is 2.65. The number of nitrogens with one attached hydrogen (secondary N) is 1. The molecule has 6 heteroatoms. The van der Waals surface area contributed by atoms with Gasteiger partial charge in [0.25, 0.3) is 5.91 Å². The Bertz CT molecular complexity index is 749. The molecule has 1 atom stereocenters. The molecule has 2 aromatic carbocycles. The summed E-state index contributed by atoms with van der Waals surface area (Å²) in [5.41, 5.74) is 1.09. The Balaban J connectivity index is 1.96. The van der Waals surface area contributed by atoms with Gasteiger partial charge in [0.2, 0.25) is 5.91 Å². The van der Waals surface area contributed by atoms with E-state index in [0.717, 1.165) is 4.47 Å². The lowest BCUT2D eigenvalue weighted by Gasteiger charge is -2.35. The molecule has 0 radical (unpaired) electrons. The van der Waals surface area contributed by atoms with Gasteiger partial charge in [0.1, 0.15) is 11.9 Å². The van der Waals surface area contributed by atoms with Crippen molar-refractivity contribution < 1.29 is 14.0 Å². The van der Waals surface area contributed by atoms with Crippen LogP contribution in [-0.4, -0.2) is 29.8 Å². The molecular weight excluding hydrogens is 363 g/mol. The largest absolute Gasteiger partial charge is 0.352 e. The summed E-state index contributed by atoms with van der Waals surface area (Å²) in [7, 11) is 0.